The topological polar surface area (TPSA) is 132 Å². The number of carboxylic acids is 3. The number of hydrogen-bond acceptors (Lipinski definition) is 4. The zero-order valence-electron chi connectivity index (χ0n) is 9.08. The van der Waals surface area contributed by atoms with Gasteiger partial charge in [0, 0.05) is 0 Å². The van der Waals surface area contributed by atoms with E-state index in [1.54, 1.807) is 0 Å². The molecule has 0 aliphatic heterocycles. The molecule has 2 atom stereocenters. The van der Waals surface area contributed by atoms with E-state index in [2.05, 4.69) is 0 Å². The van der Waals surface area contributed by atoms with E-state index in [-0.39, 0.29) is 40.6 Å². The Hall–Kier alpha value is -0.370. The van der Waals surface area contributed by atoms with Crippen molar-refractivity contribution in [3.63, 3.8) is 0 Å². The largest absolute Gasteiger partial charge is 2.00 e. The molecule has 4 N–H and O–H groups in total. The average molecular weight is 234 g/mol. The molecule has 0 bridgehead atoms. The van der Waals surface area contributed by atoms with E-state index in [4.69, 9.17) is 20.4 Å². The maximum atomic E-state index is 10.3. The number of carboxylic acid groups (broad SMARTS) is 3. The van der Waals surface area contributed by atoms with Crippen LogP contribution < -0.4 is 0 Å². The minimum Gasteiger partial charge on any atom is -1.00 e. The molecule has 0 amide bonds. The van der Waals surface area contributed by atoms with E-state index >= 15 is 0 Å². The third-order valence-electron chi connectivity index (χ3n) is 1.35. The third-order valence-corrected chi connectivity index (χ3v) is 1.35. The van der Waals surface area contributed by atoms with E-state index in [1.807, 2.05) is 0 Å². The van der Waals surface area contributed by atoms with Gasteiger partial charge in [-0.25, -0.2) is 4.79 Å². The number of aliphatic hydroxyl groups is 1. The van der Waals surface area contributed by atoms with Crippen LogP contribution in [0.3, 0.4) is 0 Å². The standard InChI is InChI=1S/C6H8O7.Ca.2H/c7-3(8)1-2(5(10)11)4(9)6(12)13;;;/h2,4,9H,1H2,(H,7,8)(H,10,11)(H,12,13);;;/q;+2;2*-1. The molecular weight excluding hydrogens is 224 g/mol. The van der Waals surface area contributed by atoms with Crippen LogP contribution in [0.2, 0.25) is 0 Å². The minimum absolute atomic E-state index is 0. The molecule has 7 nitrogen and oxygen atoms in total. The molecule has 8 heteroatoms. The van der Waals surface area contributed by atoms with Crippen LogP contribution in [0.1, 0.15) is 9.27 Å². The molecule has 0 saturated carbocycles. The first-order valence-corrected chi connectivity index (χ1v) is 3.21. The van der Waals surface area contributed by atoms with Crippen molar-refractivity contribution in [1.29, 1.82) is 0 Å². The summed E-state index contributed by atoms with van der Waals surface area (Å²) in [5.41, 5.74) is 0. The second kappa shape index (κ2) is 6.99. The van der Waals surface area contributed by atoms with Gasteiger partial charge in [0.1, 0.15) is 5.92 Å². The second-order valence-corrected chi connectivity index (χ2v) is 2.33. The van der Waals surface area contributed by atoms with Gasteiger partial charge in [-0.1, -0.05) is 0 Å². The van der Waals surface area contributed by atoms with Gasteiger partial charge in [-0.3, -0.25) is 9.59 Å². The molecule has 2 unspecified atom stereocenters. The van der Waals surface area contributed by atoms with Crippen molar-refractivity contribution in [1.82, 2.24) is 0 Å². The van der Waals surface area contributed by atoms with Gasteiger partial charge in [0.25, 0.3) is 0 Å². The predicted octanol–water partition coefficient (Wildman–Crippen LogP) is -1.55. The monoisotopic (exact) mass is 234 g/mol. The first kappa shape index (κ1) is 16.1. The molecule has 0 aliphatic carbocycles. The summed E-state index contributed by atoms with van der Waals surface area (Å²) in [5.74, 6) is -6.71. The van der Waals surface area contributed by atoms with Crippen LogP contribution in [0.15, 0.2) is 0 Å². The molecule has 0 aromatic heterocycles. The van der Waals surface area contributed by atoms with Crippen LogP contribution in [0.5, 0.6) is 0 Å². The zero-order chi connectivity index (χ0) is 10.6. The van der Waals surface area contributed by atoms with E-state index in [1.165, 1.54) is 0 Å². The Morgan fingerprint density at radius 1 is 1.07 bits per heavy atom. The van der Waals surface area contributed by atoms with Gasteiger partial charge in [-0.2, -0.15) is 0 Å². The Balaban J connectivity index is -0.000000240. The summed E-state index contributed by atoms with van der Waals surface area (Å²) >= 11 is 0. The van der Waals surface area contributed by atoms with Gasteiger partial charge in [-0.05, 0) is 0 Å². The van der Waals surface area contributed by atoms with Crippen molar-refractivity contribution in [2.24, 2.45) is 5.92 Å². The molecule has 0 spiro atoms. The molecule has 0 heterocycles. The minimum atomic E-state index is -2.20. The van der Waals surface area contributed by atoms with Gasteiger partial charge in [0.15, 0.2) is 6.10 Å². The molecule has 0 radical (unpaired) electrons. The van der Waals surface area contributed by atoms with Crippen molar-refractivity contribution in [2.75, 3.05) is 0 Å². The van der Waals surface area contributed by atoms with Crippen molar-refractivity contribution in [3.05, 3.63) is 0 Å². The zero-order valence-corrected chi connectivity index (χ0v) is 9.29. The predicted molar refractivity (Wildman–Crippen MR) is 45.0 cm³/mol. The molecule has 0 saturated heterocycles. The maximum Gasteiger partial charge on any atom is 2.00 e. The van der Waals surface area contributed by atoms with Crippen LogP contribution in [-0.2, 0) is 14.4 Å². The van der Waals surface area contributed by atoms with Crippen LogP contribution in [0, 0.1) is 5.92 Å². The third kappa shape index (κ3) is 5.38. The Bertz CT molecular complexity index is 247. The number of hydrogen-bond donors (Lipinski definition) is 4. The van der Waals surface area contributed by atoms with Gasteiger partial charge in [-0.15, -0.1) is 0 Å². The van der Waals surface area contributed by atoms with Crippen molar-refractivity contribution >= 4 is 55.6 Å². The summed E-state index contributed by atoms with van der Waals surface area (Å²) in [6.45, 7) is 0. The fraction of sp³-hybridized carbons (Fsp3) is 0.500. The van der Waals surface area contributed by atoms with E-state index in [9.17, 15) is 14.4 Å². The van der Waals surface area contributed by atoms with Crippen LogP contribution in [0.25, 0.3) is 0 Å². The second-order valence-electron chi connectivity index (χ2n) is 2.33. The summed E-state index contributed by atoms with van der Waals surface area (Å²) in [7, 11) is 0. The van der Waals surface area contributed by atoms with E-state index in [0.717, 1.165) is 0 Å². The van der Waals surface area contributed by atoms with Gasteiger partial charge in [0.2, 0.25) is 0 Å². The smallest absolute Gasteiger partial charge is 1.00 e. The van der Waals surface area contributed by atoms with E-state index in [0.29, 0.717) is 0 Å². The van der Waals surface area contributed by atoms with Crippen LogP contribution >= 0.6 is 0 Å². The van der Waals surface area contributed by atoms with Gasteiger partial charge < -0.3 is 23.3 Å². The number of rotatable bonds is 5. The quantitative estimate of drug-likeness (QED) is 0.423. The molecule has 78 valence electrons. The Morgan fingerprint density at radius 3 is 1.71 bits per heavy atom. The molecule has 0 aromatic carbocycles. The van der Waals surface area contributed by atoms with Crippen molar-refractivity contribution in [2.45, 2.75) is 12.5 Å². The first-order chi connectivity index (χ1) is 5.86. The van der Waals surface area contributed by atoms with E-state index < -0.39 is 36.4 Å². The first-order valence-electron chi connectivity index (χ1n) is 3.21. The van der Waals surface area contributed by atoms with Crippen LogP contribution in [0.4, 0.5) is 0 Å². The van der Waals surface area contributed by atoms with Crippen molar-refractivity contribution in [3.8, 4) is 0 Å². The maximum absolute atomic E-state index is 10.3. The van der Waals surface area contributed by atoms with Gasteiger partial charge in [0.05, 0.1) is 6.42 Å². The molecular formula is C6H10CaO7. The van der Waals surface area contributed by atoms with Crippen molar-refractivity contribution < 1.29 is 37.7 Å². The normalized spacial score (nSPS) is 13.5. The summed E-state index contributed by atoms with van der Waals surface area (Å²) in [6, 6.07) is 0. The molecule has 0 rings (SSSR count). The Morgan fingerprint density at radius 2 is 1.50 bits per heavy atom. The summed E-state index contributed by atoms with van der Waals surface area (Å²) < 4.78 is 0. The molecule has 14 heavy (non-hydrogen) atoms. The Labute approximate surface area is 111 Å². The summed E-state index contributed by atoms with van der Waals surface area (Å²) in [5, 5.41) is 33.5. The number of carbonyl (C=O) groups is 3. The molecule has 0 aromatic rings. The fourth-order valence-electron chi connectivity index (χ4n) is 0.694. The number of aliphatic hydroxyl groups excluding tert-OH is 1. The summed E-state index contributed by atoms with van der Waals surface area (Å²) in [6.07, 6.45) is -3.13. The Kier molecular flexibility index (Phi) is 8.03. The number of aliphatic carboxylic acids is 3. The molecule has 0 aliphatic rings. The van der Waals surface area contributed by atoms with Gasteiger partial charge >= 0.3 is 55.6 Å². The fourth-order valence-corrected chi connectivity index (χ4v) is 0.694. The molecule has 0 fully saturated rings. The van der Waals surface area contributed by atoms with Crippen LogP contribution in [-0.4, -0.2) is 82.2 Å². The SMILES string of the molecule is O=C(O)CC(C(=O)O)C(O)C(=O)O.[Ca+2].[H-].[H-]. The summed E-state index contributed by atoms with van der Waals surface area (Å²) in [4.78, 5) is 30.5. The average Bonchev–Trinajstić information content (AvgIpc) is 1.97.